The molecule has 0 bridgehead atoms. The molecule has 8 heteroatoms. The minimum Gasteiger partial charge on any atom is -0.284 e. The minimum atomic E-state index is -3.72. The first kappa shape index (κ1) is 12.4. The van der Waals surface area contributed by atoms with Crippen molar-refractivity contribution in [2.45, 2.75) is 4.90 Å². The van der Waals surface area contributed by atoms with Crippen LogP contribution in [0, 0.1) is 11.3 Å². The summed E-state index contributed by atoms with van der Waals surface area (Å²) in [5, 5.41) is 14.8. The molecule has 0 aliphatic rings. The third kappa shape index (κ3) is 2.45. The quantitative estimate of drug-likeness (QED) is 0.895. The van der Waals surface area contributed by atoms with Crippen LogP contribution in [-0.4, -0.2) is 18.6 Å². The van der Waals surface area contributed by atoms with Crippen LogP contribution in [0.1, 0.15) is 5.56 Å². The van der Waals surface area contributed by atoms with Crippen molar-refractivity contribution in [2.75, 3.05) is 4.72 Å². The van der Waals surface area contributed by atoms with Crippen molar-refractivity contribution in [3.63, 3.8) is 0 Å². The first-order valence-corrected chi connectivity index (χ1v) is 6.60. The third-order valence-electron chi connectivity index (χ3n) is 2.13. The van der Waals surface area contributed by atoms with Gasteiger partial charge < -0.3 is 0 Å². The van der Waals surface area contributed by atoms with Crippen LogP contribution in [-0.2, 0) is 10.0 Å². The van der Waals surface area contributed by atoms with Gasteiger partial charge in [0.25, 0.3) is 10.0 Å². The zero-order valence-corrected chi connectivity index (χ0v) is 10.5. The smallest absolute Gasteiger partial charge is 0.265 e. The van der Waals surface area contributed by atoms with Crippen molar-refractivity contribution in [1.29, 1.82) is 5.26 Å². The molecule has 2 N–H and O–H groups in total. The number of aromatic amines is 1. The summed E-state index contributed by atoms with van der Waals surface area (Å²) in [7, 11) is -3.72. The van der Waals surface area contributed by atoms with E-state index in [2.05, 4.69) is 14.9 Å². The Morgan fingerprint density at radius 3 is 2.78 bits per heavy atom. The second-order valence-electron chi connectivity index (χ2n) is 3.35. The number of benzene rings is 1. The largest absolute Gasteiger partial charge is 0.284 e. The number of H-pyrrole nitrogens is 1. The fourth-order valence-corrected chi connectivity index (χ4v) is 2.53. The van der Waals surface area contributed by atoms with Crippen LogP contribution >= 0.6 is 11.6 Å². The molecule has 0 aliphatic heterocycles. The Balaban J connectivity index is 2.33. The lowest BCUT2D eigenvalue weighted by molar-refractivity contribution is 0.601. The summed E-state index contributed by atoms with van der Waals surface area (Å²) in [6.45, 7) is 0. The molecule has 0 saturated heterocycles. The summed E-state index contributed by atoms with van der Waals surface area (Å²) >= 11 is 5.87. The lowest BCUT2D eigenvalue weighted by Crippen LogP contribution is -2.12. The van der Waals surface area contributed by atoms with Gasteiger partial charge in [-0.3, -0.25) is 9.82 Å². The molecule has 0 saturated carbocycles. The Morgan fingerprint density at radius 2 is 2.22 bits per heavy atom. The van der Waals surface area contributed by atoms with E-state index in [-0.39, 0.29) is 15.6 Å². The number of rotatable bonds is 3. The van der Waals surface area contributed by atoms with Gasteiger partial charge in [-0.15, -0.1) is 0 Å². The zero-order chi connectivity index (χ0) is 13.2. The normalized spacial score (nSPS) is 10.9. The Hall–Kier alpha value is -2.04. The second-order valence-corrected chi connectivity index (χ2v) is 5.44. The van der Waals surface area contributed by atoms with Crippen LogP contribution in [0.15, 0.2) is 35.5 Å². The topological polar surface area (TPSA) is 98.6 Å². The molecule has 0 amide bonds. The molecule has 0 spiro atoms. The van der Waals surface area contributed by atoms with Crippen LogP contribution in [0.3, 0.4) is 0 Å². The van der Waals surface area contributed by atoms with E-state index in [1.54, 1.807) is 0 Å². The molecule has 0 radical (unpaired) electrons. The fourth-order valence-electron chi connectivity index (χ4n) is 1.26. The molecule has 1 heterocycles. The summed E-state index contributed by atoms with van der Waals surface area (Å²) < 4.78 is 26.1. The number of halogens is 1. The van der Waals surface area contributed by atoms with Crippen molar-refractivity contribution >= 4 is 27.3 Å². The molecule has 2 aromatic rings. The highest BCUT2D eigenvalue weighted by atomic mass is 35.5. The van der Waals surface area contributed by atoms with Gasteiger partial charge in [-0.05, 0) is 18.2 Å². The Kier molecular flexibility index (Phi) is 3.23. The van der Waals surface area contributed by atoms with Crippen LogP contribution in [0.5, 0.6) is 0 Å². The van der Waals surface area contributed by atoms with E-state index in [0.717, 1.165) is 0 Å². The first-order valence-electron chi connectivity index (χ1n) is 4.74. The molecule has 0 atom stereocenters. The van der Waals surface area contributed by atoms with Gasteiger partial charge in [0.15, 0.2) is 0 Å². The molecular formula is C10H7ClN4O2S. The van der Waals surface area contributed by atoms with Gasteiger partial charge in [-0.25, -0.2) is 8.42 Å². The highest BCUT2D eigenvalue weighted by molar-refractivity contribution is 7.92. The van der Waals surface area contributed by atoms with Crippen molar-refractivity contribution in [1.82, 2.24) is 10.2 Å². The summed E-state index contributed by atoms with van der Waals surface area (Å²) in [6.07, 6.45) is 2.43. The molecule has 2 rings (SSSR count). The van der Waals surface area contributed by atoms with E-state index < -0.39 is 10.0 Å². The van der Waals surface area contributed by atoms with Crippen LogP contribution in [0.2, 0.25) is 5.02 Å². The number of anilines is 1. The molecular weight excluding hydrogens is 276 g/mol. The highest BCUT2D eigenvalue weighted by Gasteiger charge is 2.16. The summed E-state index contributed by atoms with van der Waals surface area (Å²) in [6, 6.07) is 6.19. The Labute approximate surface area is 108 Å². The van der Waals surface area contributed by atoms with Crippen LogP contribution < -0.4 is 4.72 Å². The van der Waals surface area contributed by atoms with Gasteiger partial charge in [-0.1, -0.05) is 11.6 Å². The molecule has 92 valence electrons. The standard InChI is InChI=1S/C10H7ClN4O2S/c11-9-3-7(4-12)1-2-10(9)15-18(16,17)8-5-13-14-6-8/h1-3,5-6,15H,(H,13,14). The van der Waals surface area contributed by atoms with Gasteiger partial charge >= 0.3 is 0 Å². The maximum absolute atomic E-state index is 11.9. The van der Waals surface area contributed by atoms with E-state index in [0.29, 0.717) is 5.56 Å². The number of nitrogens with one attached hydrogen (secondary N) is 2. The van der Waals surface area contributed by atoms with Crippen molar-refractivity contribution in [3.8, 4) is 6.07 Å². The van der Waals surface area contributed by atoms with Crippen molar-refractivity contribution in [3.05, 3.63) is 41.2 Å². The minimum absolute atomic E-state index is 0.00271. The molecule has 1 aromatic heterocycles. The fraction of sp³-hybridized carbons (Fsp3) is 0. The maximum Gasteiger partial charge on any atom is 0.265 e. The SMILES string of the molecule is N#Cc1ccc(NS(=O)(=O)c2cn[nH]c2)c(Cl)c1. The number of hydrogen-bond acceptors (Lipinski definition) is 4. The van der Waals surface area contributed by atoms with E-state index in [1.165, 1.54) is 30.6 Å². The predicted molar refractivity (Wildman–Crippen MR) is 65.6 cm³/mol. The lowest BCUT2D eigenvalue weighted by atomic mass is 10.2. The molecule has 1 aromatic carbocycles. The molecule has 0 unspecified atom stereocenters. The van der Waals surface area contributed by atoms with E-state index in [9.17, 15) is 8.42 Å². The number of sulfonamides is 1. The van der Waals surface area contributed by atoms with Gasteiger partial charge in [-0.2, -0.15) is 10.4 Å². The van der Waals surface area contributed by atoms with Gasteiger partial charge in [0.2, 0.25) is 0 Å². The molecule has 6 nitrogen and oxygen atoms in total. The zero-order valence-electron chi connectivity index (χ0n) is 8.88. The second kappa shape index (κ2) is 4.68. The Bertz CT molecular complexity index is 704. The van der Waals surface area contributed by atoms with Crippen LogP contribution in [0.25, 0.3) is 0 Å². The third-order valence-corrected chi connectivity index (χ3v) is 3.77. The van der Waals surface area contributed by atoms with Crippen molar-refractivity contribution in [2.24, 2.45) is 0 Å². The van der Waals surface area contributed by atoms with Crippen molar-refractivity contribution < 1.29 is 8.42 Å². The summed E-state index contributed by atoms with van der Waals surface area (Å²) in [5.74, 6) is 0. The number of nitrogens with zero attached hydrogens (tertiary/aromatic N) is 2. The maximum atomic E-state index is 11.9. The highest BCUT2D eigenvalue weighted by Crippen LogP contribution is 2.25. The summed E-state index contributed by atoms with van der Waals surface area (Å²) in [5.41, 5.74) is 0.558. The average Bonchev–Trinajstić information content (AvgIpc) is 2.86. The number of aromatic nitrogens is 2. The number of nitriles is 1. The average molecular weight is 283 g/mol. The van der Waals surface area contributed by atoms with Gasteiger partial charge in [0.1, 0.15) is 4.90 Å². The lowest BCUT2D eigenvalue weighted by Gasteiger charge is -2.07. The van der Waals surface area contributed by atoms with Gasteiger partial charge in [0, 0.05) is 6.20 Å². The Morgan fingerprint density at radius 1 is 1.44 bits per heavy atom. The number of hydrogen-bond donors (Lipinski definition) is 2. The monoisotopic (exact) mass is 282 g/mol. The summed E-state index contributed by atoms with van der Waals surface area (Å²) in [4.78, 5) is 0.00271. The molecule has 0 fully saturated rings. The predicted octanol–water partition coefficient (Wildman–Crippen LogP) is 1.74. The van der Waals surface area contributed by atoms with E-state index in [4.69, 9.17) is 16.9 Å². The van der Waals surface area contributed by atoms with Gasteiger partial charge in [0.05, 0.1) is 28.5 Å². The van der Waals surface area contributed by atoms with Crippen LogP contribution in [0.4, 0.5) is 5.69 Å². The molecule has 18 heavy (non-hydrogen) atoms. The molecule has 0 aliphatic carbocycles. The van der Waals surface area contributed by atoms with E-state index >= 15 is 0 Å². The first-order chi connectivity index (χ1) is 8.53. The van der Waals surface area contributed by atoms with E-state index in [1.807, 2.05) is 6.07 Å².